The molecule has 0 spiro atoms. The molecule has 0 bridgehead atoms. The van der Waals surface area contributed by atoms with Gasteiger partial charge >= 0.3 is 0 Å². The summed E-state index contributed by atoms with van der Waals surface area (Å²) < 4.78 is 2.32. The summed E-state index contributed by atoms with van der Waals surface area (Å²) in [5.74, 6) is 0. The lowest BCUT2D eigenvalue weighted by Gasteiger charge is -2.03. The summed E-state index contributed by atoms with van der Waals surface area (Å²) in [6.07, 6.45) is 2.16. The van der Waals surface area contributed by atoms with E-state index in [2.05, 4.69) is 42.1 Å². The summed E-state index contributed by atoms with van der Waals surface area (Å²) in [6, 6.07) is 4.31. The molecule has 3 heteroatoms. The van der Waals surface area contributed by atoms with Gasteiger partial charge in [-0.25, -0.2) is 0 Å². The van der Waals surface area contributed by atoms with E-state index in [-0.39, 0.29) is 0 Å². The maximum Gasteiger partial charge on any atom is 0.104 e. The molecule has 0 unspecified atom stereocenters. The summed E-state index contributed by atoms with van der Waals surface area (Å²) in [7, 11) is 0. The minimum atomic E-state index is 0.965. The van der Waals surface area contributed by atoms with Gasteiger partial charge in [-0.3, -0.25) is 0 Å². The van der Waals surface area contributed by atoms with Crippen LogP contribution >= 0.6 is 11.3 Å². The van der Waals surface area contributed by atoms with Crippen molar-refractivity contribution in [1.29, 1.82) is 0 Å². The van der Waals surface area contributed by atoms with Crippen LogP contribution in [0.4, 0.5) is 0 Å². The first-order chi connectivity index (χ1) is 7.27. The van der Waals surface area contributed by atoms with E-state index in [0.29, 0.717) is 0 Å². The fraction of sp³-hybridized carbons (Fsp3) is 0.333. The molecule has 1 aliphatic heterocycles. The average Bonchev–Trinajstić information content (AvgIpc) is 2.73. The van der Waals surface area contributed by atoms with Gasteiger partial charge in [0.1, 0.15) is 5.00 Å². The quantitative estimate of drug-likeness (QED) is 0.719. The highest BCUT2D eigenvalue weighted by molar-refractivity contribution is 7.14. The topological polar surface area (TPSA) is 17.0 Å². The van der Waals surface area contributed by atoms with Gasteiger partial charge in [0, 0.05) is 35.4 Å². The van der Waals surface area contributed by atoms with E-state index < -0.39 is 0 Å². The lowest BCUT2D eigenvalue weighted by atomic mass is 10.1. The summed E-state index contributed by atoms with van der Waals surface area (Å²) in [5, 5.41) is 4.88. The first kappa shape index (κ1) is 9.19. The van der Waals surface area contributed by atoms with Crippen molar-refractivity contribution in [3.8, 4) is 5.00 Å². The zero-order valence-electron chi connectivity index (χ0n) is 9.00. The molecule has 2 aromatic rings. The minimum Gasteiger partial charge on any atom is -0.311 e. The maximum atomic E-state index is 3.49. The van der Waals surface area contributed by atoms with Crippen LogP contribution in [-0.4, -0.2) is 4.57 Å². The molecular formula is C12H14N2S. The van der Waals surface area contributed by atoms with E-state index in [4.69, 9.17) is 0 Å². The number of rotatable bonds is 0. The fourth-order valence-corrected chi connectivity index (χ4v) is 3.32. The molecule has 2 aromatic heterocycles. The number of aromatic nitrogens is 1. The molecule has 0 aromatic carbocycles. The predicted octanol–water partition coefficient (Wildman–Crippen LogP) is 2.76. The summed E-state index contributed by atoms with van der Waals surface area (Å²) in [5.41, 5.74) is 4.27. The van der Waals surface area contributed by atoms with Crippen LogP contribution < -0.4 is 5.32 Å². The van der Waals surface area contributed by atoms with Gasteiger partial charge in [-0.05, 0) is 31.5 Å². The van der Waals surface area contributed by atoms with Gasteiger partial charge in [-0.2, -0.15) is 0 Å². The van der Waals surface area contributed by atoms with Gasteiger partial charge in [-0.1, -0.05) is 0 Å². The van der Waals surface area contributed by atoms with Gasteiger partial charge in [0.25, 0.3) is 0 Å². The molecule has 3 heterocycles. The molecule has 3 rings (SSSR count). The van der Waals surface area contributed by atoms with Crippen LogP contribution in [0.15, 0.2) is 18.3 Å². The molecule has 15 heavy (non-hydrogen) atoms. The standard InChI is InChI=1S/C12H14N2S/c1-8-9(2)15-12-11(8)7-13-6-10-4-3-5-14(10)12/h3-5,13H,6-7H2,1-2H3. The Bertz CT molecular complexity index is 508. The number of nitrogens with one attached hydrogen (secondary N) is 1. The third-order valence-corrected chi connectivity index (χ3v) is 4.40. The summed E-state index contributed by atoms with van der Waals surface area (Å²) >= 11 is 1.90. The molecule has 0 fully saturated rings. The second kappa shape index (κ2) is 3.22. The average molecular weight is 218 g/mol. The molecule has 0 atom stereocenters. The number of thiophene rings is 1. The number of nitrogens with zero attached hydrogens (tertiary/aromatic N) is 1. The van der Waals surface area contributed by atoms with Crippen LogP contribution in [0.25, 0.3) is 5.00 Å². The molecule has 1 aliphatic rings. The van der Waals surface area contributed by atoms with Crippen LogP contribution in [-0.2, 0) is 13.1 Å². The van der Waals surface area contributed by atoms with Crippen molar-refractivity contribution in [2.45, 2.75) is 26.9 Å². The van der Waals surface area contributed by atoms with Crippen LogP contribution in [0.5, 0.6) is 0 Å². The molecule has 0 amide bonds. The zero-order chi connectivity index (χ0) is 10.4. The zero-order valence-corrected chi connectivity index (χ0v) is 9.82. The van der Waals surface area contributed by atoms with E-state index in [1.54, 1.807) is 0 Å². The Hall–Kier alpha value is -1.06. The largest absolute Gasteiger partial charge is 0.311 e. The van der Waals surface area contributed by atoms with Crippen molar-refractivity contribution in [2.24, 2.45) is 0 Å². The number of hydrogen-bond acceptors (Lipinski definition) is 2. The number of aryl methyl sites for hydroxylation is 1. The Morgan fingerprint density at radius 1 is 1.33 bits per heavy atom. The molecule has 0 saturated heterocycles. The molecule has 0 radical (unpaired) electrons. The minimum absolute atomic E-state index is 0.965. The van der Waals surface area contributed by atoms with Crippen molar-refractivity contribution in [1.82, 2.24) is 9.88 Å². The van der Waals surface area contributed by atoms with Crippen molar-refractivity contribution in [3.63, 3.8) is 0 Å². The second-order valence-corrected chi connectivity index (χ2v) is 5.24. The molecule has 0 aliphatic carbocycles. The molecule has 78 valence electrons. The van der Waals surface area contributed by atoms with Crippen LogP contribution in [0, 0.1) is 13.8 Å². The Morgan fingerprint density at radius 3 is 3.07 bits per heavy atom. The van der Waals surface area contributed by atoms with Crippen LogP contribution in [0.3, 0.4) is 0 Å². The molecule has 1 N–H and O–H groups in total. The van der Waals surface area contributed by atoms with E-state index in [0.717, 1.165) is 13.1 Å². The van der Waals surface area contributed by atoms with E-state index in [9.17, 15) is 0 Å². The number of fused-ring (bicyclic) bond motifs is 3. The molecule has 0 saturated carbocycles. The maximum absolute atomic E-state index is 3.49. The Morgan fingerprint density at radius 2 is 2.20 bits per heavy atom. The van der Waals surface area contributed by atoms with Crippen molar-refractivity contribution >= 4 is 11.3 Å². The normalized spacial score (nSPS) is 14.5. The van der Waals surface area contributed by atoms with Crippen LogP contribution in [0.1, 0.15) is 21.7 Å². The Balaban J connectivity index is 2.29. The first-order valence-electron chi connectivity index (χ1n) is 5.23. The Kier molecular flexibility index (Phi) is 1.97. The Labute approximate surface area is 93.6 Å². The van der Waals surface area contributed by atoms with Gasteiger partial charge in [0.15, 0.2) is 0 Å². The summed E-state index contributed by atoms with van der Waals surface area (Å²) in [4.78, 5) is 1.43. The predicted molar refractivity (Wildman–Crippen MR) is 63.7 cm³/mol. The SMILES string of the molecule is Cc1sc2c(c1C)CNCc1cccn1-2. The highest BCUT2D eigenvalue weighted by atomic mass is 32.1. The van der Waals surface area contributed by atoms with Gasteiger partial charge < -0.3 is 9.88 Å². The van der Waals surface area contributed by atoms with E-state index >= 15 is 0 Å². The molecule has 2 nitrogen and oxygen atoms in total. The second-order valence-electron chi connectivity index (χ2n) is 4.04. The lowest BCUT2D eigenvalue weighted by molar-refractivity contribution is 0.691. The van der Waals surface area contributed by atoms with Crippen LogP contribution in [0.2, 0.25) is 0 Å². The fourth-order valence-electron chi connectivity index (χ4n) is 2.13. The highest BCUT2D eigenvalue weighted by Gasteiger charge is 2.18. The van der Waals surface area contributed by atoms with Gasteiger partial charge in [0.05, 0.1) is 0 Å². The third-order valence-electron chi connectivity index (χ3n) is 3.15. The molecular weight excluding hydrogens is 204 g/mol. The summed E-state index contributed by atoms with van der Waals surface area (Å²) in [6.45, 7) is 6.39. The lowest BCUT2D eigenvalue weighted by Crippen LogP contribution is -2.11. The van der Waals surface area contributed by atoms with Crippen molar-refractivity contribution < 1.29 is 0 Å². The van der Waals surface area contributed by atoms with Gasteiger partial charge in [-0.15, -0.1) is 11.3 Å². The monoisotopic (exact) mass is 218 g/mol. The smallest absolute Gasteiger partial charge is 0.104 e. The first-order valence-corrected chi connectivity index (χ1v) is 6.05. The van der Waals surface area contributed by atoms with Gasteiger partial charge in [0.2, 0.25) is 0 Å². The third kappa shape index (κ3) is 1.27. The van der Waals surface area contributed by atoms with Crippen molar-refractivity contribution in [3.05, 3.63) is 40.0 Å². The van der Waals surface area contributed by atoms with E-state index in [1.165, 1.54) is 26.7 Å². The van der Waals surface area contributed by atoms with Crippen molar-refractivity contribution in [2.75, 3.05) is 0 Å². The highest BCUT2D eigenvalue weighted by Crippen LogP contribution is 2.33. The van der Waals surface area contributed by atoms with E-state index in [1.807, 2.05) is 11.3 Å². The number of hydrogen-bond donors (Lipinski definition) is 1.